The van der Waals surface area contributed by atoms with E-state index in [-0.39, 0.29) is 16.6 Å². The highest BCUT2D eigenvalue weighted by atomic mass is 32.2. The molecule has 3 aromatic rings. The fraction of sp³-hybridized carbons (Fsp3) is 0.174. The third-order valence-corrected chi connectivity index (χ3v) is 6.47. The summed E-state index contributed by atoms with van der Waals surface area (Å²) in [5.41, 5.74) is 1.15. The second kappa shape index (κ2) is 9.54. The first-order valence-corrected chi connectivity index (χ1v) is 11.0. The van der Waals surface area contributed by atoms with Crippen LogP contribution in [0.4, 0.5) is 10.1 Å². The summed E-state index contributed by atoms with van der Waals surface area (Å²) in [5.74, 6) is -0.940. The average molecular weight is 427 g/mol. The van der Waals surface area contributed by atoms with Crippen LogP contribution in [-0.2, 0) is 14.8 Å². The van der Waals surface area contributed by atoms with Crippen LogP contribution in [0.2, 0.25) is 0 Å². The predicted octanol–water partition coefficient (Wildman–Crippen LogP) is 4.29. The van der Waals surface area contributed by atoms with Crippen LogP contribution in [0.3, 0.4) is 0 Å². The van der Waals surface area contributed by atoms with E-state index in [1.165, 1.54) is 36.4 Å². The van der Waals surface area contributed by atoms with Crippen LogP contribution in [0.1, 0.15) is 24.9 Å². The lowest BCUT2D eigenvalue weighted by atomic mass is 10.0. The zero-order valence-electron chi connectivity index (χ0n) is 16.5. The van der Waals surface area contributed by atoms with E-state index in [2.05, 4.69) is 5.32 Å². The Morgan fingerprint density at radius 3 is 2.07 bits per heavy atom. The molecule has 5 nitrogen and oxygen atoms in total. The van der Waals surface area contributed by atoms with Gasteiger partial charge in [-0.25, -0.2) is 12.8 Å². The molecule has 0 aliphatic carbocycles. The number of rotatable bonds is 8. The van der Waals surface area contributed by atoms with Crippen molar-refractivity contribution in [2.24, 2.45) is 0 Å². The normalized spacial score (nSPS) is 12.2. The Labute approximate surface area is 176 Å². The number of anilines is 1. The van der Waals surface area contributed by atoms with Crippen molar-refractivity contribution in [1.82, 2.24) is 5.32 Å². The summed E-state index contributed by atoms with van der Waals surface area (Å²) in [6, 6.07) is 22.1. The molecule has 3 aromatic carbocycles. The van der Waals surface area contributed by atoms with E-state index < -0.39 is 28.3 Å². The Morgan fingerprint density at radius 2 is 1.50 bits per heavy atom. The molecule has 1 N–H and O–H groups in total. The molecule has 7 heteroatoms. The van der Waals surface area contributed by atoms with Crippen molar-refractivity contribution < 1.29 is 17.6 Å². The summed E-state index contributed by atoms with van der Waals surface area (Å²) in [7, 11) is -4.02. The quantitative estimate of drug-likeness (QED) is 0.584. The molecule has 0 aliphatic rings. The van der Waals surface area contributed by atoms with Gasteiger partial charge in [0.15, 0.2) is 0 Å². The third-order valence-electron chi connectivity index (χ3n) is 4.68. The zero-order valence-corrected chi connectivity index (χ0v) is 17.3. The highest BCUT2D eigenvalue weighted by Gasteiger charge is 2.27. The predicted molar refractivity (Wildman–Crippen MR) is 115 cm³/mol. The van der Waals surface area contributed by atoms with Crippen molar-refractivity contribution in [3.63, 3.8) is 0 Å². The van der Waals surface area contributed by atoms with Crippen LogP contribution >= 0.6 is 0 Å². The van der Waals surface area contributed by atoms with E-state index in [0.29, 0.717) is 6.42 Å². The van der Waals surface area contributed by atoms with Gasteiger partial charge in [0.2, 0.25) is 5.91 Å². The molecule has 1 amide bonds. The lowest BCUT2D eigenvalue weighted by Crippen LogP contribution is -2.42. The van der Waals surface area contributed by atoms with Gasteiger partial charge in [-0.2, -0.15) is 0 Å². The van der Waals surface area contributed by atoms with Gasteiger partial charge in [-0.15, -0.1) is 0 Å². The van der Waals surface area contributed by atoms with Gasteiger partial charge in [0.25, 0.3) is 10.0 Å². The number of carbonyl (C=O) groups is 1. The number of carbonyl (C=O) groups excluding carboxylic acids is 1. The highest BCUT2D eigenvalue weighted by molar-refractivity contribution is 7.92. The van der Waals surface area contributed by atoms with E-state index in [4.69, 9.17) is 0 Å². The third kappa shape index (κ3) is 5.04. The molecule has 156 valence electrons. The van der Waals surface area contributed by atoms with Gasteiger partial charge in [-0.3, -0.25) is 9.10 Å². The Kier molecular flexibility index (Phi) is 6.84. The standard InChI is InChI=1S/C23H23FN2O3S/c1-2-22(18-9-5-3-6-10-18)25-23(27)17-26(20-15-13-19(24)14-16-20)30(28,29)21-11-7-4-8-12-21/h3-16,22H,2,17H2,1H3,(H,25,27)/t22-/m1/s1. The molecule has 0 saturated heterocycles. The molecular weight excluding hydrogens is 403 g/mol. The number of hydrogen-bond donors (Lipinski definition) is 1. The molecule has 3 rings (SSSR count). The fourth-order valence-corrected chi connectivity index (χ4v) is 4.56. The van der Waals surface area contributed by atoms with Crippen molar-refractivity contribution in [1.29, 1.82) is 0 Å². The van der Waals surface area contributed by atoms with Crippen LogP contribution in [0.15, 0.2) is 89.8 Å². The molecule has 30 heavy (non-hydrogen) atoms. The molecule has 0 radical (unpaired) electrons. The monoisotopic (exact) mass is 426 g/mol. The summed E-state index contributed by atoms with van der Waals surface area (Å²) in [4.78, 5) is 12.9. The van der Waals surface area contributed by atoms with Gasteiger partial charge in [-0.05, 0) is 48.4 Å². The SMILES string of the molecule is CC[C@@H](NC(=O)CN(c1ccc(F)cc1)S(=O)(=O)c1ccccc1)c1ccccc1. The van der Waals surface area contributed by atoms with Gasteiger partial charge in [0, 0.05) is 0 Å². The fourth-order valence-electron chi connectivity index (χ4n) is 3.12. The first kappa shape index (κ1) is 21.5. The maximum Gasteiger partial charge on any atom is 0.264 e. The molecule has 0 fully saturated rings. The van der Waals surface area contributed by atoms with Gasteiger partial charge in [0.05, 0.1) is 16.6 Å². The van der Waals surface area contributed by atoms with Crippen LogP contribution < -0.4 is 9.62 Å². The van der Waals surface area contributed by atoms with Crippen LogP contribution in [-0.4, -0.2) is 20.9 Å². The minimum atomic E-state index is -4.02. The number of halogens is 1. The van der Waals surface area contributed by atoms with Crippen molar-refractivity contribution >= 4 is 21.6 Å². The smallest absolute Gasteiger partial charge is 0.264 e. The van der Waals surface area contributed by atoms with E-state index in [0.717, 1.165) is 9.87 Å². The number of benzene rings is 3. The van der Waals surface area contributed by atoms with Crippen LogP contribution in [0.5, 0.6) is 0 Å². The van der Waals surface area contributed by atoms with E-state index in [9.17, 15) is 17.6 Å². The number of nitrogens with zero attached hydrogens (tertiary/aromatic N) is 1. The van der Waals surface area contributed by atoms with Crippen LogP contribution in [0, 0.1) is 5.82 Å². The Balaban J connectivity index is 1.89. The highest BCUT2D eigenvalue weighted by Crippen LogP contribution is 2.24. The molecule has 0 unspecified atom stereocenters. The van der Waals surface area contributed by atoms with Crippen LogP contribution in [0.25, 0.3) is 0 Å². The number of nitrogens with one attached hydrogen (secondary N) is 1. The summed E-state index contributed by atoms with van der Waals surface area (Å²) in [6.07, 6.45) is 0.651. The number of sulfonamides is 1. The van der Waals surface area contributed by atoms with Crippen molar-refractivity contribution in [3.05, 3.63) is 96.3 Å². The van der Waals surface area contributed by atoms with E-state index in [1.54, 1.807) is 18.2 Å². The topological polar surface area (TPSA) is 66.5 Å². The number of amides is 1. The maximum absolute atomic E-state index is 13.4. The Hall–Kier alpha value is -3.19. The Morgan fingerprint density at radius 1 is 0.933 bits per heavy atom. The Bertz CT molecular complexity index is 1070. The molecule has 0 bridgehead atoms. The summed E-state index contributed by atoms with van der Waals surface area (Å²) < 4.78 is 40.8. The zero-order chi connectivity index (χ0) is 21.6. The first-order valence-electron chi connectivity index (χ1n) is 9.59. The minimum Gasteiger partial charge on any atom is -0.348 e. The molecule has 1 atom stereocenters. The molecule has 0 aromatic heterocycles. The summed E-state index contributed by atoms with van der Waals surface area (Å²) in [6.45, 7) is 1.52. The summed E-state index contributed by atoms with van der Waals surface area (Å²) in [5, 5.41) is 2.90. The van der Waals surface area contributed by atoms with Crippen molar-refractivity contribution in [3.8, 4) is 0 Å². The van der Waals surface area contributed by atoms with Gasteiger partial charge in [-0.1, -0.05) is 55.5 Å². The molecule has 0 aliphatic heterocycles. The second-order valence-corrected chi connectivity index (χ2v) is 8.60. The first-order chi connectivity index (χ1) is 14.4. The van der Waals surface area contributed by atoms with E-state index in [1.807, 2.05) is 37.3 Å². The molecule has 0 saturated carbocycles. The molecule has 0 heterocycles. The molecule has 0 spiro atoms. The largest absolute Gasteiger partial charge is 0.348 e. The van der Waals surface area contributed by atoms with Gasteiger partial charge in [0.1, 0.15) is 12.4 Å². The van der Waals surface area contributed by atoms with Crippen molar-refractivity contribution in [2.75, 3.05) is 10.8 Å². The maximum atomic E-state index is 13.4. The van der Waals surface area contributed by atoms with Crippen molar-refractivity contribution in [2.45, 2.75) is 24.3 Å². The lowest BCUT2D eigenvalue weighted by Gasteiger charge is -2.25. The average Bonchev–Trinajstić information content (AvgIpc) is 2.77. The lowest BCUT2D eigenvalue weighted by molar-refractivity contribution is -0.120. The summed E-state index contributed by atoms with van der Waals surface area (Å²) >= 11 is 0. The minimum absolute atomic E-state index is 0.0530. The van der Waals surface area contributed by atoms with E-state index >= 15 is 0 Å². The second-order valence-electron chi connectivity index (χ2n) is 6.74. The van der Waals surface area contributed by atoms with Gasteiger partial charge >= 0.3 is 0 Å². The molecular formula is C23H23FN2O3S. The number of hydrogen-bond acceptors (Lipinski definition) is 3. The van der Waals surface area contributed by atoms with Gasteiger partial charge < -0.3 is 5.32 Å².